The molecule has 0 aliphatic heterocycles. The number of aryl methyl sites for hydroxylation is 1. The molecule has 0 fully saturated rings. The van der Waals surface area contributed by atoms with Gasteiger partial charge < -0.3 is 5.73 Å². The molecule has 0 bridgehead atoms. The Labute approximate surface area is 117 Å². The van der Waals surface area contributed by atoms with Gasteiger partial charge in [-0.1, -0.05) is 32.8 Å². The Balaban J connectivity index is 2.16. The summed E-state index contributed by atoms with van der Waals surface area (Å²) in [5.74, 6) is 1.14. The van der Waals surface area contributed by atoms with Gasteiger partial charge in [0.1, 0.15) is 0 Å². The molecule has 2 nitrogen and oxygen atoms in total. The second-order valence-electron chi connectivity index (χ2n) is 5.96. The van der Waals surface area contributed by atoms with Crippen molar-refractivity contribution in [2.75, 3.05) is 0 Å². The van der Waals surface area contributed by atoms with Crippen molar-refractivity contribution in [3.05, 3.63) is 29.6 Å². The van der Waals surface area contributed by atoms with E-state index in [-0.39, 0.29) is 6.04 Å². The van der Waals surface area contributed by atoms with Crippen molar-refractivity contribution < 1.29 is 0 Å². The largest absolute Gasteiger partial charge is 0.327 e. The van der Waals surface area contributed by atoms with Crippen molar-refractivity contribution in [1.29, 1.82) is 0 Å². The Hall–Kier alpha value is -0.890. The molecule has 19 heavy (non-hydrogen) atoms. The van der Waals surface area contributed by atoms with Gasteiger partial charge in [-0.2, -0.15) is 0 Å². The van der Waals surface area contributed by atoms with E-state index in [1.165, 1.54) is 56.2 Å². The first-order valence-corrected chi connectivity index (χ1v) is 7.97. The molecule has 2 N–H and O–H groups in total. The summed E-state index contributed by atoms with van der Waals surface area (Å²) in [6, 6.07) is 4.58. The average molecular weight is 260 g/mol. The van der Waals surface area contributed by atoms with Crippen LogP contribution in [0.3, 0.4) is 0 Å². The molecule has 2 atom stereocenters. The third kappa shape index (κ3) is 3.36. The van der Waals surface area contributed by atoms with Crippen LogP contribution >= 0.6 is 0 Å². The van der Waals surface area contributed by atoms with Crippen LogP contribution in [0, 0.1) is 5.92 Å². The lowest BCUT2D eigenvalue weighted by Gasteiger charge is -2.34. The van der Waals surface area contributed by atoms with Crippen molar-refractivity contribution >= 4 is 0 Å². The van der Waals surface area contributed by atoms with E-state index in [4.69, 9.17) is 5.73 Å². The summed E-state index contributed by atoms with van der Waals surface area (Å²) in [7, 11) is 0. The molecule has 1 aromatic rings. The van der Waals surface area contributed by atoms with Crippen molar-refractivity contribution in [3.63, 3.8) is 0 Å². The SMILES string of the molecule is CCCC(CCC)C(N)C1CCCc2cccnc21. The maximum atomic E-state index is 6.64. The monoisotopic (exact) mass is 260 g/mol. The van der Waals surface area contributed by atoms with Gasteiger partial charge in [0.2, 0.25) is 0 Å². The van der Waals surface area contributed by atoms with Crippen LogP contribution in [0.4, 0.5) is 0 Å². The highest BCUT2D eigenvalue weighted by Crippen LogP contribution is 2.36. The van der Waals surface area contributed by atoms with E-state index < -0.39 is 0 Å². The van der Waals surface area contributed by atoms with Gasteiger partial charge in [-0.3, -0.25) is 4.98 Å². The zero-order valence-electron chi connectivity index (χ0n) is 12.4. The van der Waals surface area contributed by atoms with Crippen LogP contribution in [0.2, 0.25) is 0 Å². The summed E-state index contributed by atoms with van der Waals surface area (Å²) in [6.07, 6.45) is 10.6. The number of hydrogen-bond donors (Lipinski definition) is 1. The van der Waals surface area contributed by atoms with Gasteiger partial charge in [0.15, 0.2) is 0 Å². The third-order valence-electron chi connectivity index (χ3n) is 4.57. The van der Waals surface area contributed by atoms with Crippen LogP contribution in [0.1, 0.15) is 69.5 Å². The fraction of sp³-hybridized carbons (Fsp3) is 0.706. The molecule has 1 heterocycles. The average Bonchev–Trinajstić information content (AvgIpc) is 2.46. The quantitative estimate of drug-likeness (QED) is 0.838. The molecule has 106 valence electrons. The molecule has 2 heteroatoms. The number of hydrogen-bond acceptors (Lipinski definition) is 2. The van der Waals surface area contributed by atoms with Crippen LogP contribution in [0.15, 0.2) is 18.3 Å². The van der Waals surface area contributed by atoms with Crippen molar-refractivity contribution in [2.24, 2.45) is 11.7 Å². The summed E-state index contributed by atoms with van der Waals surface area (Å²) in [4.78, 5) is 4.64. The lowest BCUT2D eigenvalue weighted by Crippen LogP contribution is -2.38. The molecule has 1 aliphatic rings. The second kappa shape index (κ2) is 7.04. The highest BCUT2D eigenvalue weighted by molar-refractivity contribution is 5.27. The first-order chi connectivity index (χ1) is 9.27. The molecule has 2 rings (SSSR count). The molecule has 0 saturated carbocycles. The predicted molar refractivity (Wildman–Crippen MR) is 81.2 cm³/mol. The summed E-state index contributed by atoms with van der Waals surface area (Å²) >= 11 is 0. The Morgan fingerprint density at radius 3 is 2.74 bits per heavy atom. The number of pyridine rings is 1. The normalized spacial score (nSPS) is 20.3. The maximum Gasteiger partial charge on any atom is 0.0481 e. The maximum absolute atomic E-state index is 6.64. The van der Waals surface area contributed by atoms with Crippen LogP contribution in [-0.4, -0.2) is 11.0 Å². The number of nitrogens with zero attached hydrogens (tertiary/aromatic N) is 1. The highest BCUT2D eigenvalue weighted by atomic mass is 14.8. The highest BCUT2D eigenvalue weighted by Gasteiger charge is 2.30. The molecule has 1 aliphatic carbocycles. The molecule has 2 unspecified atom stereocenters. The van der Waals surface area contributed by atoms with E-state index in [0.717, 1.165) is 0 Å². The first-order valence-electron chi connectivity index (χ1n) is 7.97. The molecule has 0 saturated heterocycles. The van der Waals surface area contributed by atoms with Gasteiger partial charge in [0.05, 0.1) is 0 Å². The standard InChI is InChI=1S/C17H28N2/c1-3-7-13(8-4-2)16(18)15-11-5-9-14-10-6-12-19-17(14)15/h6,10,12-13,15-16H,3-5,7-9,11,18H2,1-2H3. The van der Waals surface area contributed by atoms with Gasteiger partial charge in [-0.15, -0.1) is 0 Å². The Bertz CT molecular complexity index is 383. The Kier molecular flexibility index (Phi) is 5.38. The summed E-state index contributed by atoms with van der Waals surface area (Å²) in [5, 5.41) is 0. The van der Waals surface area contributed by atoms with Crippen LogP contribution in [-0.2, 0) is 6.42 Å². The zero-order chi connectivity index (χ0) is 13.7. The van der Waals surface area contributed by atoms with E-state index in [2.05, 4.69) is 31.0 Å². The third-order valence-corrected chi connectivity index (χ3v) is 4.57. The summed E-state index contributed by atoms with van der Waals surface area (Å²) in [5.41, 5.74) is 9.36. The number of rotatable bonds is 6. The topological polar surface area (TPSA) is 38.9 Å². The smallest absolute Gasteiger partial charge is 0.0481 e. The molecular weight excluding hydrogens is 232 g/mol. The molecule has 0 amide bonds. The van der Waals surface area contributed by atoms with Crippen molar-refractivity contribution in [3.8, 4) is 0 Å². The molecule has 0 aromatic carbocycles. The molecule has 0 spiro atoms. The van der Waals surface area contributed by atoms with E-state index in [9.17, 15) is 0 Å². The van der Waals surface area contributed by atoms with Gasteiger partial charge in [-0.05, 0) is 49.7 Å². The minimum atomic E-state index is 0.286. The second-order valence-corrected chi connectivity index (χ2v) is 5.96. The Morgan fingerprint density at radius 1 is 1.32 bits per heavy atom. The summed E-state index contributed by atoms with van der Waals surface area (Å²) < 4.78 is 0. The zero-order valence-corrected chi connectivity index (χ0v) is 12.4. The number of nitrogens with two attached hydrogens (primary N) is 1. The van der Waals surface area contributed by atoms with Crippen LogP contribution in [0.25, 0.3) is 0 Å². The fourth-order valence-corrected chi connectivity index (χ4v) is 3.62. The predicted octanol–water partition coefficient (Wildman–Crippen LogP) is 4.05. The van der Waals surface area contributed by atoms with Gasteiger partial charge in [0, 0.05) is 23.9 Å². The van der Waals surface area contributed by atoms with Crippen LogP contribution < -0.4 is 5.73 Å². The van der Waals surface area contributed by atoms with Gasteiger partial charge in [-0.25, -0.2) is 0 Å². The number of aromatic nitrogens is 1. The van der Waals surface area contributed by atoms with E-state index in [1.54, 1.807) is 0 Å². The number of fused-ring (bicyclic) bond motifs is 1. The fourth-order valence-electron chi connectivity index (χ4n) is 3.62. The first kappa shape index (κ1) is 14.5. The lowest BCUT2D eigenvalue weighted by atomic mass is 9.75. The van der Waals surface area contributed by atoms with E-state index in [0.29, 0.717) is 11.8 Å². The van der Waals surface area contributed by atoms with Gasteiger partial charge >= 0.3 is 0 Å². The van der Waals surface area contributed by atoms with Crippen molar-refractivity contribution in [2.45, 2.75) is 70.8 Å². The minimum absolute atomic E-state index is 0.286. The van der Waals surface area contributed by atoms with E-state index >= 15 is 0 Å². The van der Waals surface area contributed by atoms with Crippen molar-refractivity contribution in [1.82, 2.24) is 4.98 Å². The Morgan fingerprint density at radius 2 is 2.05 bits per heavy atom. The molecule has 1 aromatic heterocycles. The van der Waals surface area contributed by atoms with E-state index in [1.807, 2.05) is 6.20 Å². The lowest BCUT2D eigenvalue weighted by molar-refractivity contribution is 0.300. The minimum Gasteiger partial charge on any atom is -0.327 e. The molecular formula is C17H28N2. The summed E-state index contributed by atoms with van der Waals surface area (Å²) in [6.45, 7) is 4.53. The van der Waals surface area contributed by atoms with Crippen LogP contribution in [0.5, 0.6) is 0 Å². The van der Waals surface area contributed by atoms with Gasteiger partial charge in [0.25, 0.3) is 0 Å². The molecule has 0 radical (unpaired) electrons.